The van der Waals surface area contributed by atoms with E-state index in [1.165, 1.54) is 16.5 Å². The molecular formula is C23H22N4O2S2. The Bertz CT molecular complexity index is 1170. The molecule has 0 aliphatic carbocycles. The molecule has 1 amide bonds. The van der Waals surface area contributed by atoms with E-state index in [-0.39, 0.29) is 11.9 Å². The summed E-state index contributed by atoms with van der Waals surface area (Å²) in [6.07, 6.45) is 5.65. The van der Waals surface area contributed by atoms with E-state index in [1.54, 1.807) is 24.6 Å². The zero-order valence-corrected chi connectivity index (χ0v) is 18.7. The van der Waals surface area contributed by atoms with Gasteiger partial charge >= 0.3 is 0 Å². The van der Waals surface area contributed by atoms with Crippen molar-refractivity contribution in [3.63, 3.8) is 0 Å². The largest absolute Gasteiger partial charge is 0.497 e. The average molecular weight is 451 g/mol. The van der Waals surface area contributed by atoms with Crippen LogP contribution in [0.2, 0.25) is 0 Å². The molecule has 1 saturated heterocycles. The van der Waals surface area contributed by atoms with Crippen LogP contribution < -0.4 is 4.74 Å². The Labute approximate surface area is 188 Å². The summed E-state index contributed by atoms with van der Waals surface area (Å²) in [6.45, 7) is 0.785. The molecule has 6 nitrogen and oxygen atoms in total. The fourth-order valence-corrected chi connectivity index (χ4v) is 5.87. The Balaban J connectivity index is 1.29. The zero-order chi connectivity index (χ0) is 21.2. The summed E-state index contributed by atoms with van der Waals surface area (Å²) in [5.74, 6) is 1.30. The maximum Gasteiger partial charge on any atom is 0.233 e. The molecule has 5 rings (SSSR count). The fourth-order valence-electron chi connectivity index (χ4n) is 3.90. The molecule has 0 radical (unpaired) electrons. The van der Waals surface area contributed by atoms with Gasteiger partial charge in [-0.3, -0.25) is 9.36 Å². The van der Waals surface area contributed by atoms with Gasteiger partial charge in [-0.15, -0.1) is 11.3 Å². The Morgan fingerprint density at radius 2 is 2.06 bits per heavy atom. The van der Waals surface area contributed by atoms with Crippen LogP contribution in [0.4, 0.5) is 0 Å². The SMILES string of the molecule is COc1ccc(-n2ccnc2SCC(=O)N2CCC[C@@H]2c2nc3ccccc3s2)cc1. The highest BCUT2D eigenvalue weighted by molar-refractivity contribution is 7.99. The molecule has 0 spiro atoms. The van der Waals surface area contributed by atoms with E-state index in [0.717, 1.165) is 46.5 Å². The number of methoxy groups -OCH3 is 1. The van der Waals surface area contributed by atoms with Crippen LogP contribution in [0.3, 0.4) is 0 Å². The Morgan fingerprint density at radius 3 is 2.87 bits per heavy atom. The van der Waals surface area contributed by atoms with Crippen LogP contribution >= 0.6 is 23.1 Å². The zero-order valence-electron chi connectivity index (χ0n) is 17.1. The molecule has 4 aromatic rings. The number of thioether (sulfide) groups is 1. The summed E-state index contributed by atoms with van der Waals surface area (Å²) in [6, 6.07) is 16.0. The van der Waals surface area contributed by atoms with E-state index in [0.29, 0.717) is 5.75 Å². The lowest BCUT2D eigenvalue weighted by molar-refractivity contribution is -0.129. The molecule has 0 unspecified atom stereocenters. The van der Waals surface area contributed by atoms with Crippen LogP contribution in [0.5, 0.6) is 5.75 Å². The molecule has 8 heteroatoms. The molecule has 1 atom stereocenters. The number of hydrogen-bond acceptors (Lipinski definition) is 6. The van der Waals surface area contributed by atoms with Crippen LogP contribution in [0, 0.1) is 0 Å². The van der Waals surface area contributed by atoms with Crippen molar-refractivity contribution in [3.8, 4) is 11.4 Å². The first-order chi connectivity index (χ1) is 15.2. The van der Waals surface area contributed by atoms with Crippen molar-refractivity contribution in [2.75, 3.05) is 19.4 Å². The van der Waals surface area contributed by atoms with E-state index in [4.69, 9.17) is 9.72 Å². The van der Waals surface area contributed by atoms with Crippen molar-refractivity contribution in [3.05, 3.63) is 65.9 Å². The van der Waals surface area contributed by atoms with Gasteiger partial charge < -0.3 is 9.64 Å². The van der Waals surface area contributed by atoms with E-state index >= 15 is 0 Å². The van der Waals surface area contributed by atoms with Crippen molar-refractivity contribution in [1.29, 1.82) is 0 Å². The van der Waals surface area contributed by atoms with Gasteiger partial charge in [-0.2, -0.15) is 0 Å². The number of carbonyl (C=O) groups is 1. The van der Waals surface area contributed by atoms with Crippen molar-refractivity contribution in [2.45, 2.75) is 24.0 Å². The number of carbonyl (C=O) groups excluding carboxylic acids is 1. The third-order valence-electron chi connectivity index (χ3n) is 5.45. The summed E-state index contributed by atoms with van der Waals surface area (Å²) in [5.41, 5.74) is 2.00. The first-order valence-electron chi connectivity index (χ1n) is 10.2. The molecule has 158 valence electrons. The highest BCUT2D eigenvalue weighted by Crippen LogP contribution is 2.37. The lowest BCUT2D eigenvalue weighted by Gasteiger charge is -2.23. The molecule has 31 heavy (non-hydrogen) atoms. The van der Waals surface area contributed by atoms with Crippen LogP contribution in [0.25, 0.3) is 15.9 Å². The highest BCUT2D eigenvalue weighted by atomic mass is 32.2. The van der Waals surface area contributed by atoms with Crippen molar-refractivity contribution >= 4 is 39.2 Å². The van der Waals surface area contributed by atoms with Crippen LogP contribution in [0.1, 0.15) is 23.9 Å². The maximum absolute atomic E-state index is 13.1. The standard InChI is InChI=1S/C23H22N4O2S2/c1-29-17-10-8-16(9-11-17)26-14-12-24-23(26)30-15-21(28)27-13-4-6-19(27)22-25-18-5-2-3-7-20(18)31-22/h2-3,5,7-12,14,19H,4,6,13,15H2,1H3/t19-/m1/s1. The number of ether oxygens (including phenoxy) is 1. The van der Waals surface area contributed by atoms with Gasteiger partial charge in [0, 0.05) is 24.6 Å². The van der Waals surface area contributed by atoms with Crippen LogP contribution in [0.15, 0.2) is 66.1 Å². The second-order valence-corrected chi connectivity index (χ2v) is 9.34. The maximum atomic E-state index is 13.1. The van der Waals surface area contributed by atoms with Gasteiger partial charge in [0.05, 0.1) is 29.1 Å². The van der Waals surface area contributed by atoms with E-state index in [2.05, 4.69) is 11.1 Å². The smallest absolute Gasteiger partial charge is 0.233 e. The number of para-hydroxylation sites is 1. The van der Waals surface area contributed by atoms with Gasteiger partial charge in [0.15, 0.2) is 5.16 Å². The average Bonchev–Trinajstić information content (AvgIpc) is 3.56. The Kier molecular flexibility index (Phi) is 5.65. The predicted octanol–water partition coefficient (Wildman–Crippen LogP) is 4.95. The molecule has 0 bridgehead atoms. The molecule has 2 aromatic heterocycles. The number of rotatable bonds is 6. The quantitative estimate of drug-likeness (QED) is 0.389. The number of fused-ring (bicyclic) bond motifs is 1. The highest BCUT2D eigenvalue weighted by Gasteiger charge is 2.32. The Morgan fingerprint density at radius 1 is 1.23 bits per heavy atom. The topological polar surface area (TPSA) is 60.3 Å². The normalized spacial score (nSPS) is 16.2. The van der Waals surface area contributed by atoms with E-state index in [1.807, 2.05) is 58.1 Å². The van der Waals surface area contributed by atoms with Crippen molar-refractivity contribution in [1.82, 2.24) is 19.4 Å². The minimum atomic E-state index is 0.0758. The van der Waals surface area contributed by atoms with Gasteiger partial charge in [-0.1, -0.05) is 23.9 Å². The number of nitrogens with zero attached hydrogens (tertiary/aromatic N) is 4. The first-order valence-corrected chi connectivity index (χ1v) is 12.0. The summed E-state index contributed by atoms with van der Waals surface area (Å²) < 4.78 is 8.40. The summed E-state index contributed by atoms with van der Waals surface area (Å²) in [4.78, 5) is 24.3. The summed E-state index contributed by atoms with van der Waals surface area (Å²) in [5, 5.41) is 1.84. The second-order valence-electron chi connectivity index (χ2n) is 7.33. The number of aromatic nitrogens is 3. The fraction of sp³-hybridized carbons (Fsp3) is 0.261. The number of benzene rings is 2. The lowest BCUT2D eigenvalue weighted by Crippen LogP contribution is -2.32. The van der Waals surface area contributed by atoms with Crippen molar-refractivity contribution < 1.29 is 9.53 Å². The predicted molar refractivity (Wildman–Crippen MR) is 124 cm³/mol. The summed E-state index contributed by atoms with van der Waals surface area (Å²) >= 11 is 3.16. The minimum absolute atomic E-state index is 0.0758. The number of imidazole rings is 1. The van der Waals surface area contributed by atoms with Gasteiger partial charge in [0.1, 0.15) is 10.8 Å². The first kappa shape index (κ1) is 20.1. The third-order valence-corrected chi connectivity index (χ3v) is 7.54. The van der Waals surface area contributed by atoms with Gasteiger partial charge in [0.25, 0.3) is 0 Å². The second kappa shape index (κ2) is 8.72. The molecule has 1 fully saturated rings. The number of hydrogen-bond donors (Lipinski definition) is 0. The van der Waals surface area contributed by atoms with E-state index < -0.39 is 0 Å². The van der Waals surface area contributed by atoms with Gasteiger partial charge in [-0.05, 0) is 49.2 Å². The molecule has 2 aromatic carbocycles. The third kappa shape index (κ3) is 4.05. The van der Waals surface area contributed by atoms with Gasteiger partial charge in [0.2, 0.25) is 5.91 Å². The molecular weight excluding hydrogens is 428 g/mol. The minimum Gasteiger partial charge on any atom is -0.497 e. The molecule has 1 aliphatic heterocycles. The monoisotopic (exact) mass is 450 g/mol. The van der Waals surface area contributed by atoms with Crippen LogP contribution in [-0.4, -0.2) is 44.7 Å². The molecule has 0 N–H and O–H groups in total. The number of likely N-dealkylation sites (tertiary alicyclic amines) is 1. The molecule has 3 heterocycles. The van der Waals surface area contributed by atoms with Gasteiger partial charge in [-0.25, -0.2) is 9.97 Å². The van der Waals surface area contributed by atoms with E-state index in [9.17, 15) is 4.79 Å². The summed E-state index contributed by atoms with van der Waals surface area (Å²) in [7, 11) is 1.65. The number of thiazole rings is 1. The van der Waals surface area contributed by atoms with Crippen molar-refractivity contribution in [2.24, 2.45) is 0 Å². The Hall–Kier alpha value is -2.84. The lowest BCUT2D eigenvalue weighted by atomic mass is 10.2. The molecule has 0 saturated carbocycles. The molecule has 1 aliphatic rings. The van der Waals surface area contributed by atoms with Crippen LogP contribution in [-0.2, 0) is 4.79 Å². The number of amides is 1.